The maximum atomic E-state index is 14.5. The summed E-state index contributed by atoms with van der Waals surface area (Å²) in [5, 5.41) is 39.1. The summed E-state index contributed by atoms with van der Waals surface area (Å²) < 4.78 is 54.2. The molecule has 7 rings (SSSR count). The number of fused-ring (bicyclic) bond motifs is 3. The second-order valence-corrected chi connectivity index (χ2v) is 21.4. The second kappa shape index (κ2) is 24.5. The maximum absolute atomic E-state index is 14.5. The van der Waals surface area contributed by atoms with Gasteiger partial charge in [0.1, 0.15) is 29.9 Å². The highest BCUT2D eigenvalue weighted by molar-refractivity contribution is 7.85. The Labute approximate surface area is 443 Å². The Morgan fingerprint density at radius 1 is 0.803 bits per heavy atom. The molecule has 4 aromatic rings. The third-order valence-electron chi connectivity index (χ3n) is 13.1. The van der Waals surface area contributed by atoms with Crippen LogP contribution in [0.25, 0.3) is 28.1 Å². The highest BCUT2D eigenvalue weighted by atomic mass is 35.5. The maximum Gasteiger partial charge on any atom is 0.317 e. The zero-order valence-electron chi connectivity index (χ0n) is 42.5. The van der Waals surface area contributed by atoms with E-state index in [2.05, 4.69) is 10.6 Å². The van der Waals surface area contributed by atoms with Gasteiger partial charge in [-0.1, -0.05) is 23.7 Å². The quantitative estimate of drug-likeness (QED) is 0.0825. The monoisotopic (exact) mass is 1100 g/mol. The topological polar surface area (TPSA) is 303 Å². The van der Waals surface area contributed by atoms with Crippen molar-refractivity contribution >= 4 is 63.0 Å². The van der Waals surface area contributed by atoms with Crippen LogP contribution in [0.5, 0.6) is 11.5 Å². The van der Waals surface area contributed by atoms with Crippen molar-refractivity contribution in [3.63, 3.8) is 0 Å². The molecule has 0 radical (unpaired) electrons. The molecule has 3 amide bonds. The number of anilines is 1. The zero-order chi connectivity index (χ0) is 55.1. The molecule has 1 aromatic heterocycles. The lowest BCUT2D eigenvalue weighted by atomic mass is 9.95. The Kier molecular flexibility index (Phi) is 18.4. The lowest BCUT2D eigenvalue weighted by molar-refractivity contribution is -0.140. The van der Waals surface area contributed by atoms with E-state index < -0.39 is 76.8 Å². The van der Waals surface area contributed by atoms with E-state index in [4.69, 9.17) is 30.9 Å². The summed E-state index contributed by atoms with van der Waals surface area (Å²) in [7, 11) is -3.41. The predicted octanol–water partition coefficient (Wildman–Crippen LogP) is 2.11. The van der Waals surface area contributed by atoms with Crippen molar-refractivity contribution in [1.82, 2.24) is 39.6 Å². The second-order valence-electron chi connectivity index (χ2n) is 19.5. The molecule has 6 N–H and O–H groups in total. The molecular weight excluding hydrogens is 1030 g/mol. The number of nitrogens with one attached hydrogen (secondary N) is 2. The van der Waals surface area contributed by atoms with Gasteiger partial charge in [0.05, 0.1) is 63.4 Å². The molecule has 4 heterocycles. The van der Waals surface area contributed by atoms with E-state index in [1.54, 1.807) is 65.6 Å². The number of carbonyl (C=O) groups is 6. The first kappa shape index (κ1) is 57.0. The van der Waals surface area contributed by atoms with Gasteiger partial charge in [-0.3, -0.25) is 52.9 Å². The number of morpholine rings is 1. The molecule has 0 saturated carbocycles. The average molecular weight is 1100 g/mol. The van der Waals surface area contributed by atoms with Gasteiger partial charge in [0, 0.05) is 92.4 Å². The SMILES string of the molecule is COc1cc2c(cc1-c1cccc(NC(=O)[C@H](CS(=O)(=O)O)NC(=O)CN3CCN(CC(=O)O)CCN(CC(=O)O)CCN(CC(=O)O)CC3)c1)-c1c(c(C(=O)N3CCOCC3(C)C)nn1-c1cc(C)cc(Cl)c1)CO2. The van der Waals surface area contributed by atoms with Crippen LogP contribution in [0, 0.1) is 6.92 Å². The number of aromatic nitrogens is 2. The van der Waals surface area contributed by atoms with Crippen LogP contribution in [0.3, 0.4) is 0 Å². The zero-order valence-corrected chi connectivity index (χ0v) is 44.1. The summed E-state index contributed by atoms with van der Waals surface area (Å²) in [5.41, 5.74) is 3.86. The fourth-order valence-electron chi connectivity index (χ4n) is 9.45. The number of amides is 3. The first-order valence-electron chi connectivity index (χ1n) is 24.3. The van der Waals surface area contributed by atoms with Crippen molar-refractivity contribution in [2.45, 2.75) is 39.0 Å². The van der Waals surface area contributed by atoms with E-state index in [-0.39, 0.29) is 82.8 Å². The van der Waals surface area contributed by atoms with Crippen molar-refractivity contribution < 1.29 is 71.3 Å². The molecule has 0 aliphatic carbocycles. The van der Waals surface area contributed by atoms with Gasteiger partial charge in [0.25, 0.3) is 16.0 Å². The molecule has 410 valence electrons. The highest BCUT2D eigenvalue weighted by Crippen LogP contribution is 2.47. The molecule has 76 heavy (non-hydrogen) atoms. The third kappa shape index (κ3) is 14.8. The van der Waals surface area contributed by atoms with Crippen molar-refractivity contribution in [1.29, 1.82) is 0 Å². The lowest BCUT2D eigenvalue weighted by Gasteiger charge is -2.41. The van der Waals surface area contributed by atoms with Crippen LogP contribution < -0.4 is 20.1 Å². The molecule has 3 aliphatic rings. The number of carboxylic acid groups (broad SMARTS) is 3. The first-order valence-corrected chi connectivity index (χ1v) is 26.3. The van der Waals surface area contributed by atoms with Crippen molar-refractivity contribution in [2.75, 3.05) is 116 Å². The van der Waals surface area contributed by atoms with Gasteiger partial charge in [-0.15, -0.1) is 0 Å². The van der Waals surface area contributed by atoms with E-state index in [1.807, 2.05) is 32.9 Å². The molecule has 0 unspecified atom stereocenters. The number of aryl methyl sites for hydroxylation is 1. The van der Waals surface area contributed by atoms with Crippen LogP contribution in [-0.4, -0.2) is 221 Å². The first-order chi connectivity index (χ1) is 36.0. The number of methoxy groups -OCH3 is 1. The van der Waals surface area contributed by atoms with Gasteiger partial charge in [0.15, 0.2) is 5.69 Å². The van der Waals surface area contributed by atoms with Gasteiger partial charge in [-0.05, 0) is 68.3 Å². The summed E-state index contributed by atoms with van der Waals surface area (Å²) >= 11 is 6.59. The van der Waals surface area contributed by atoms with Gasteiger partial charge >= 0.3 is 17.9 Å². The number of benzene rings is 3. The van der Waals surface area contributed by atoms with Crippen LogP contribution in [-0.2, 0) is 45.4 Å². The molecule has 0 spiro atoms. The molecule has 0 bridgehead atoms. The van der Waals surface area contributed by atoms with E-state index >= 15 is 0 Å². The van der Waals surface area contributed by atoms with E-state index in [0.29, 0.717) is 69.9 Å². The number of nitrogens with zero attached hydrogens (tertiary/aromatic N) is 7. The summed E-state index contributed by atoms with van der Waals surface area (Å²) in [4.78, 5) is 85.4. The standard InChI is InChI=1S/C50H62ClN9O15S/c1-31-18-33(51)21-35(19-31)60-47-37-22-36(40(73-4)23-41(37)75-28-38(47)46(54-60)49(69)59-16-17-74-30-50(59,2)3)32-6-5-7-34(20-32)52-48(68)39(29-76(70,71)72)53-42(61)24-55-8-10-56(25-43(62)63)12-14-58(27-45(66)67)15-13-57(11-9-55)26-44(64)65/h5-7,18-23,39H,8-17,24-30H2,1-4H3,(H,52,68)(H,53,61)(H,62,63)(H,64,65)(H,66,67)(H,70,71,72)/t39-/m0/s1. The molecule has 2 fully saturated rings. The number of hydrogen-bond acceptors (Lipinski definition) is 16. The minimum Gasteiger partial charge on any atom is -0.496 e. The normalized spacial score (nSPS) is 17.4. The van der Waals surface area contributed by atoms with E-state index in [0.717, 1.165) is 5.56 Å². The summed E-state index contributed by atoms with van der Waals surface area (Å²) in [6.07, 6.45) is 0. The van der Waals surface area contributed by atoms with Crippen LogP contribution in [0.4, 0.5) is 5.69 Å². The lowest BCUT2D eigenvalue weighted by Crippen LogP contribution is -2.55. The molecule has 3 aliphatic heterocycles. The number of halogens is 1. The molecule has 1 atom stereocenters. The largest absolute Gasteiger partial charge is 0.496 e. The summed E-state index contributed by atoms with van der Waals surface area (Å²) in [6, 6.07) is 13.6. The van der Waals surface area contributed by atoms with E-state index in [9.17, 15) is 57.1 Å². The molecule has 26 heteroatoms. The molecule has 2 saturated heterocycles. The average Bonchev–Trinajstić information content (AvgIpc) is 3.73. The Bertz CT molecular complexity index is 2920. The number of rotatable bonds is 17. The minimum absolute atomic E-state index is 0.00433. The number of ether oxygens (including phenoxy) is 3. The fraction of sp³-hybridized carbons (Fsp3) is 0.460. The minimum atomic E-state index is -4.88. The van der Waals surface area contributed by atoms with Gasteiger partial charge in [-0.25, -0.2) is 4.68 Å². The molecule has 3 aromatic carbocycles. The van der Waals surface area contributed by atoms with Gasteiger partial charge in [-0.2, -0.15) is 13.5 Å². The summed E-state index contributed by atoms with van der Waals surface area (Å²) in [6.45, 7) is 6.10. The smallest absolute Gasteiger partial charge is 0.317 e. The van der Waals surface area contributed by atoms with Crippen molar-refractivity contribution in [3.05, 3.63) is 76.4 Å². The van der Waals surface area contributed by atoms with Crippen LogP contribution in [0.15, 0.2) is 54.6 Å². The van der Waals surface area contributed by atoms with Crippen molar-refractivity contribution in [3.8, 4) is 39.6 Å². The summed E-state index contributed by atoms with van der Waals surface area (Å²) in [5.74, 6) is -5.92. The fourth-order valence-corrected chi connectivity index (χ4v) is 10.4. The Morgan fingerprint density at radius 3 is 1.93 bits per heavy atom. The van der Waals surface area contributed by atoms with Gasteiger partial charge < -0.3 is 45.1 Å². The molecule has 24 nitrogen and oxygen atoms in total. The Morgan fingerprint density at radius 2 is 1.39 bits per heavy atom. The van der Waals surface area contributed by atoms with E-state index in [1.165, 1.54) is 13.2 Å². The molecular formula is C50H62ClN9O15S. The third-order valence-corrected chi connectivity index (χ3v) is 14.1. The highest BCUT2D eigenvalue weighted by Gasteiger charge is 2.40. The van der Waals surface area contributed by atoms with Crippen LogP contribution >= 0.6 is 11.6 Å². The van der Waals surface area contributed by atoms with Crippen LogP contribution in [0.2, 0.25) is 5.02 Å². The number of hydrogen-bond donors (Lipinski definition) is 6. The number of aliphatic carboxylic acids is 3. The number of carbonyl (C=O) groups excluding carboxylic acids is 3. The van der Waals surface area contributed by atoms with Gasteiger partial charge in [0.2, 0.25) is 11.8 Å². The number of carboxylic acids is 3. The Hall–Kier alpha value is -6.71. The Balaban J connectivity index is 1.15. The predicted molar refractivity (Wildman–Crippen MR) is 277 cm³/mol. The van der Waals surface area contributed by atoms with Crippen molar-refractivity contribution in [2.24, 2.45) is 0 Å². The van der Waals surface area contributed by atoms with Crippen LogP contribution in [0.1, 0.15) is 35.5 Å².